The van der Waals surface area contributed by atoms with Crippen LogP contribution in [0.15, 0.2) is 24.3 Å². The number of aliphatic hydroxyl groups excluding tert-OH is 1. The summed E-state index contributed by atoms with van der Waals surface area (Å²) in [4.78, 5) is 17.3. The Kier molecular flexibility index (Phi) is 5.99. The third kappa shape index (κ3) is 4.56. The molecule has 1 aromatic rings. The summed E-state index contributed by atoms with van der Waals surface area (Å²) in [5, 5.41) is 9.65. The minimum atomic E-state index is -0.310. The van der Waals surface area contributed by atoms with Crippen molar-refractivity contribution in [2.45, 2.75) is 50.7 Å². The second-order valence-electron chi connectivity index (χ2n) is 8.77. The monoisotopic (exact) mass is 390 g/mol. The van der Waals surface area contributed by atoms with Crippen molar-refractivity contribution in [3.63, 3.8) is 0 Å². The minimum absolute atomic E-state index is 0.0124. The van der Waals surface area contributed by atoms with E-state index in [0.29, 0.717) is 0 Å². The van der Waals surface area contributed by atoms with Crippen LogP contribution >= 0.6 is 0 Å². The molecule has 3 aliphatic rings. The van der Waals surface area contributed by atoms with Crippen molar-refractivity contribution < 1.29 is 19.0 Å². The first kappa shape index (κ1) is 19.8. The SMILES string of the molecule is O=C1OC(CN2CCC(O)CC2)CC12CCN(CCc1cccc(F)c1)CC2. The molecule has 3 fully saturated rings. The van der Waals surface area contributed by atoms with E-state index in [1.54, 1.807) is 12.1 Å². The Balaban J connectivity index is 1.24. The maximum Gasteiger partial charge on any atom is 0.312 e. The molecule has 0 bridgehead atoms. The van der Waals surface area contributed by atoms with Gasteiger partial charge in [0.2, 0.25) is 0 Å². The number of aliphatic hydroxyl groups is 1. The third-order valence-electron chi connectivity index (χ3n) is 6.76. The molecule has 3 aliphatic heterocycles. The van der Waals surface area contributed by atoms with E-state index in [1.807, 2.05) is 6.07 Å². The molecule has 0 radical (unpaired) electrons. The Morgan fingerprint density at radius 1 is 1.14 bits per heavy atom. The highest BCUT2D eigenvalue weighted by atomic mass is 19.1. The van der Waals surface area contributed by atoms with Gasteiger partial charge in [0.15, 0.2) is 0 Å². The average Bonchev–Trinajstić information content (AvgIpc) is 2.98. The van der Waals surface area contributed by atoms with Gasteiger partial charge in [-0.1, -0.05) is 12.1 Å². The summed E-state index contributed by atoms with van der Waals surface area (Å²) < 4.78 is 19.1. The molecule has 1 atom stereocenters. The molecule has 0 amide bonds. The molecule has 3 saturated heterocycles. The van der Waals surface area contributed by atoms with E-state index in [4.69, 9.17) is 4.74 Å². The highest BCUT2D eigenvalue weighted by Gasteiger charge is 2.50. The van der Waals surface area contributed by atoms with Crippen LogP contribution in [-0.2, 0) is 16.0 Å². The third-order valence-corrected chi connectivity index (χ3v) is 6.76. The van der Waals surface area contributed by atoms with Gasteiger partial charge in [-0.2, -0.15) is 0 Å². The first-order valence-corrected chi connectivity index (χ1v) is 10.6. The molecule has 1 N–H and O–H groups in total. The standard InChI is InChI=1S/C22H31FN2O3/c23-18-3-1-2-17(14-18)4-9-24-12-7-22(8-13-24)15-20(28-21(22)27)16-25-10-5-19(26)6-11-25/h1-3,14,19-20,26H,4-13,15-16H2. The Morgan fingerprint density at radius 3 is 2.61 bits per heavy atom. The van der Waals surface area contributed by atoms with Gasteiger partial charge in [-0.15, -0.1) is 0 Å². The number of piperidine rings is 2. The van der Waals surface area contributed by atoms with Crippen LogP contribution in [0, 0.1) is 11.2 Å². The topological polar surface area (TPSA) is 53.0 Å². The lowest BCUT2D eigenvalue weighted by Gasteiger charge is -2.36. The van der Waals surface area contributed by atoms with Crippen molar-refractivity contribution in [1.29, 1.82) is 0 Å². The van der Waals surface area contributed by atoms with E-state index in [2.05, 4.69) is 9.80 Å². The fourth-order valence-corrected chi connectivity index (χ4v) is 4.92. The molecule has 0 aliphatic carbocycles. The lowest BCUT2D eigenvalue weighted by atomic mass is 9.76. The van der Waals surface area contributed by atoms with Gasteiger partial charge < -0.3 is 14.7 Å². The van der Waals surface area contributed by atoms with Gasteiger partial charge in [0.1, 0.15) is 11.9 Å². The van der Waals surface area contributed by atoms with Gasteiger partial charge in [0.25, 0.3) is 0 Å². The van der Waals surface area contributed by atoms with Crippen LogP contribution in [0.1, 0.15) is 37.7 Å². The first-order valence-electron chi connectivity index (χ1n) is 10.6. The summed E-state index contributed by atoms with van der Waals surface area (Å²) in [6, 6.07) is 6.80. The number of hydrogen-bond acceptors (Lipinski definition) is 5. The molecular formula is C22H31FN2O3. The smallest absolute Gasteiger partial charge is 0.312 e. The highest BCUT2D eigenvalue weighted by molar-refractivity contribution is 5.79. The molecular weight excluding hydrogens is 359 g/mol. The molecule has 1 spiro atoms. The molecule has 1 unspecified atom stereocenters. The fraction of sp³-hybridized carbons (Fsp3) is 0.682. The van der Waals surface area contributed by atoms with Gasteiger partial charge >= 0.3 is 5.97 Å². The van der Waals surface area contributed by atoms with Crippen LogP contribution in [-0.4, -0.2) is 72.4 Å². The van der Waals surface area contributed by atoms with Gasteiger partial charge in [-0.05, 0) is 62.9 Å². The zero-order valence-corrected chi connectivity index (χ0v) is 16.5. The quantitative estimate of drug-likeness (QED) is 0.782. The maximum atomic E-state index is 13.3. The second kappa shape index (κ2) is 8.47. The number of esters is 1. The zero-order chi connectivity index (χ0) is 19.6. The van der Waals surface area contributed by atoms with Crippen molar-refractivity contribution in [2.75, 3.05) is 39.3 Å². The average molecular weight is 390 g/mol. The highest BCUT2D eigenvalue weighted by Crippen LogP contribution is 2.43. The van der Waals surface area contributed by atoms with Crippen molar-refractivity contribution in [1.82, 2.24) is 9.80 Å². The number of carbonyl (C=O) groups excluding carboxylic acids is 1. The summed E-state index contributed by atoms with van der Waals surface area (Å²) >= 11 is 0. The van der Waals surface area contributed by atoms with Crippen LogP contribution in [0.2, 0.25) is 0 Å². The Morgan fingerprint density at radius 2 is 1.89 bits per heavy atom. The van der Waals surface area contributed by atoms with E-state index in [-0.39, 0.29) is 29.4 Å². The predicted molar refractivity (Wildman–Crippen MR) is 104 cm³/mol. The number of cyclic esters (lactones) is 1. The fourth-order valence-electron chi connectivity index (χ4n) is 4.92. The number of likely N-dealkylation sites (tertiary alicyclic amines) is 2. The van der Waals surface area contributed by atoms with Crippen LogP contribution < -0.4 is 0 Å². The summed E-state index contributed by atoms with van der Waals surface area (Å²) in [6.07, 6.45) is 4.79. The molecule has 28 heavy (non-hydrogen) atoms. The van der Waals surface area contributed by atoms with E-state index < -0.39 is 0 Å². The normalized spacial score (nSPS) is 26.6. The van der Waals surface area contributed by atoms with Crippen LogP contribution in [0.3, 0.4) is 0 Å². The van der Waals surface area contributed by atoms with Gasteiger partial charge in [-0.25, -0.2) is 4.39 Å². The Hall–Kier alpha value is -1.50. The molecule has 4 rings (SSSR count). The summed E-state index contributed by atoms with van der Waals surface area (Å²) in [6.45, 7) is 5.25. The lowest BCUT2D eigenvalue weighted by molar-refractivity contribution is -0.151. The van der Waals surface area contributed by atoms with Crippen molar-refractivity contribution in [3.8, 4) is 0 Å². The predicted octanol–water partition coefficient (Wildman–Crippen LogP) is 2.22. The number of hydrogen-bond donors (Lipinski definition) is 1. The number of halogens is 1. The van der Waals surface area contributed by atoms with Crippen LogP contribution in [0.5, 0.6) is 0 Å². The van der Waals surface area contributed by atoms with E-state index >= 15 is 0 Å². The van der Waals surface area contributed by atoms with Gasteiger partial charge in [0.05, 0.1) is 11.5 Å². The van der Waals surface area contributed by atoms with E-state index in [9.17, 15) is 14.3 Å². The summed E-state index contributed by atoms with van der Waals surface area (Å²) in [5.74, 6) is -0.197. The molecule has 1 aromatic carbocycles. The van der Waals surface area contributed by atoms with Crippen molar-refractivity contribution in [3.05, 3.63) is 35.6 Å². The molecule has 3 heterocycles. The van der Waals surface area contributed by atoms with Crippen LogP contribution in [0.4, 0.5) is 4.39 Å². The van der Waals surface area contributed by atoms with Crippen LogP contribution in [0.25, 0.3) is 0 Å². The number of benzene rings is 1. The summed E-state index contributed by atoms with van der Waals surface area (Å²) in [7, 11) is 0. The Bertz CT molecular complexity index is 682. The summed E-state index contributed by atoms with van der Waals surface area (Å²) in [5.41, 5.74) is 0.710. The first-order chi connectivity index (χ1) is 13.5. The number of rotatable bonds is 5. The Labute approximate surface area is 166 Å². The molecule has 0 aromatic heterocycles. The number of ether oxygens (including phenoxy) is 1. The van der Waals surface area contributed by atoms with E-state index in [0.717, 1.165) is 83.4 Å². The largest absolute Gasteiger partial charge is 0.461 e. The molecule has 0 saturated carbocycles. The van der Waals surface area contributed by atoms with Crippen molar-refractivity contribution >= 4 is 5.97 Å². The van der Waals surface area contributed by atoms with E-state index in [1.165, 1.54) is 6.07 Å². The molecule has 6 heteroatoms. The molecule has 5 nitrogen and oxygen atoms in total. The van der Waals surface area contributed by atoms with Crippen molar-refractivity contribution in [2.24, 2.45) is 5.41 Å². The lowest BCUT2D eigenvalue weighted by Crippen LogP contribution is -2.43. The number of nitrogens with zero attached hydrogens (tertiary/aromatic N) is 2. The maximum absolute atomic E-state index is 13.3. The second-order valence-corrected chi connectivity index (χ2v) is 8.77. The number of carbonyl (C=O) groups is 1. The molecule has 154 valence electrons. The van der Waals surface area contributed by atoms with Gasteiger partial charge in [0, 0.05) is 32.6 Å². The minimum Gasteiger partial charge on any atom is -0.461 e. The van der Waals surface area contributed by atoms with Gasteiger partial charge in [-0.3, -0.25) is 9.69 Å². The zero-order valence-electron chi connectivity index (χ0n) is 16.5.